The van der Waals surface area contributed by atoms with Gasteiger partial charge < -0.3 is 9.84 Å². The number of carbonyl (C=O) groups is 4. The summed E-state index contributed by atoms with van der Waals surface area (Å²) in [6, 6.07) is 19.7. The zero-order valence-corrected chi connectivity index (χ0v) is 26.8. The standard InChI is InChI=1S/C36H33BrN2O6/c1-4-19-10-12-22(13-11-19)38-32(41)24-15-14-23-25(29(24)34(38)43)18-27-33(42)39(21-8-6-5-7-9-21)35(44)36(27,2)30(23)26-16-20(37)17-28(45-3)31(26)40/h5-14,16-17,24-25,27,29-30,40H,4,15,18H2,1-3H3. The van der Waals surface area contributed by atoms with Crippen LogP contribution in [0.25, 0.3) is 0 Å². The third kappa shape index (κ3) is 4.16. The molecule has 0 spiro atoms. The van der Waals surface area contributed by atoms with Crippen LogP contribution in [0, 0.1) is 29.1 Å². The van der Waals surface area contributed by atoms with Crippen LogP contribution in [0.5, 0.6) is 11.5 Å². The molecule has 3 aromatic carbocycles. The van der Waals surface area contributed by atoms with Crippen LogP contribution in [0.15, 0.2) is 82.9 Å². The summed E-state index contributed by atoms with van der Waals surface area (Å²) in [4.78, 5) is 59.5. The lowest BCUT2D eigenvalue weighted by Crippen LogP contribution is -2.49. The Bertz CT molecular complexity index is 1790. The summed E-state index contributed by atoms with van der Waals surface area (Å²) < 4.78 is 6.12. The third-order valence-electron chi connectivity index (χ3n) is 10.5. The molecule has 6 unspecified atom stereocenters. The average molecular weight is 670 g/mol. The zero-order valence-electron chi connectivity index (χ0n) is 25.2. The summed E-state index contributed by atoms with van der Waals surface area (Å²) >= 11 is 3.54. The molecule has 1 saturated carbocycles. The number of anilines is 2. The molecule has 6 atom stereocenters. The third-order valence-corrected chi connectivity index (χ3v) is 10.9. The molecule has 0 radical (unpaired) electrons. The minimum absolute atomic E-state index is 0.126. The number of ether oxygens (including phenoxy) is 1. The molecule has 4 amide bonds. The van der Waals surface area contributed by atoms with Crippen LogP contribution in [0.2, 0.25) is 0 Å². The van der Waals surface area contributed by atoms with Gasteiger partial charge in [0, 0.05) is 16.0 Å². The van der Waals surface area contributed by atoms with Crippen molar-refractivity contribution in [3.63, 3.8) is 0 Å². The van der Waals surface area contributed by atoms with Gasteiger partial charge in [-0.2, -0.15) is 0 Å². The molecule has 230 valence electrons. The van der Waals surface area contributed by atoms with Crippen LogP contribution >= 0.6 is 15.9 Å². The first kappa shape index (κ1) is 29.5. The summed E-state index contributed by atoms with van der Waals surface area (Å²) in [7, 11) is 1.45. The summed E-state index contributed by atoms with van der Waals surface area (Å²) in [6.07, 6.45) is 3.37. The van der Waals surface area contributed by atoms with Crippen molar-refractivity contribution in [2.45, 2.75) is 39.0 Å². The van der Waals surface area contributed by atoms with Gasteiger partial charge in [0.1, 0.15) is 0 Å². The predicted octanol–water partition coefficient (Wildman–Crippen LogP) is 6.16. The van der Waals surface area contributed by atoms with Crippen molar-refractivity contribution in [3.8, 4) is 11.5 Å². The van der Waals surface area contributed by atoms with Crippen LogP contribution in [-0.4, -0.2) is 35.8 Å². The van der Waals surface area contributed by atoms with Crippen molar-refractivity contribution >= 4 is 50.9 Å². The zero-order chi connectivity index (χ0) is 31.8. The molecule has 9 heteroatoms. The highest BCUT2D eigenvalue weighted by Gasteiger charge is 2.68. The Morgan fingerprint density at radius 2 is 1.60 bits per heavy atom. The number of aromatic hydroxyl groups is 1. The van der Waals surface area contributed by atoms with Gasteiger partial charge in [-0.25, -0.2) is 4.90 Å². The van der Waals surface area contributed by atoms with Crippen molar-refractivity contribution in [3.05, 3.63) is 94.0 Å². The Labute approximate surface area is 269 Å². The number of amides is 4. The maximum absolute atomic E-state index is 14.5. The monoisotopic (exact) mass is 668 g/mol. The lowest BCUT2D eigenvalue weighted by Gasteiger charge is -2.49. The Balaban J connectivity index is 1.39. The van der Waals surface area contributed by atoms with E-state index in [9.17, 15) is 24.3 Å². The van der Waals surface area contributed by atoms with E-state index >= 15 is 0 Å². The number of hydrogen-bond donors (Lipinski definition) is 1. The van der Waals surface area contributed by atoms with Crippen LogP contribution in [0.1, 0.15) is 43.7 Å². The van der Waals surface area contributed by atoms with Gasteiger partial charge >= 0.3 is 0 Å². The number of phenolic OH excluding ortho intramolecular Hbond substituents is 1. The molecular weight excluding hydrogens is 636 g/mol. The number of imide groups is 2. The van der Waals surface area contributed by atoms with Crippen LogP contribution in [0.4, 0.5) is 11.4 Å². The molecule has 2 aliphatic carbocycles. The van der Waals surface area contributed by atoms with Gasteiger partial charge in [0.15, 0.2) is 11.5 Å². The van der Waals surface area contributed by atoms with E-state index in [0.29, 0.717) is 27.8 Å². The van der Waals surface area contributed by atoms with Crippen LogP contribution in [0.3, 0.4) is 0 Å². The molecule has 2 heterocycles. The summed E-state index contributed by atoms with van der Waals surface area (Å²) in [6.45, 7) is 3.84. The molecule has 1 N–H and O–H groups in total. The number of allylic oxidation sites excluding steroid dienone is 2. The second-order valence-corrected chi connectivity index (χ2v) is 13.5. The first-order valence-corrected chi connectivity index (χ1v) is 16.1. The van der Waals surface area contributed by atoms with Gasteiger partial charge in [0.05, 0.1) is 41.7 Å². The van der Waals surface area contributed by atoms with Crippen molar-refractivity contribution < 1.29 is 29.0 Å². The topological polar surface area (TPSA) is 104 Å². The molecule has 45 heavy (non-hydrogen) atoms. The number of methoxy groups -OCH3 is 1. The number of benzene rings is 3. The Hall–Kier alpha value is -4.24. The molecule has 4 aliphatic rings. The SMILES string of the molecule is CCc1ccc(N2C(=O)C3CC=C4C(CC5C(=O)N(c6ccccc6)C(=O)C5(C)C4c4cc(Br)cc(OC)c4O)C3C2=O)cc1. The smallest absolute Gasteiger partial charge is 0.241 e. The number of aryl methyl sites for hydroxylation is 1. The fraction of sp³-hybridized carbons (Fsp3) is 0.333. The van der Waals surface area contributed by atoms with Gasteiger partial charge in [-0.15, -0.1) is 0 Å². The number of halogens is 1. The van der Waals surface area contributed by atoms with Gasteiger partial charge in [0.25, 0.3) is 0 Å². The number of nitrogens with zero attached hydrogens (tertiary/aromatic N) is 2. The number of hydrogen-bond acceptors (Lipinski definition) is 6. The quantitative estimate of drug-likeness (QED) is 0.258. The summed E-state index contributed by atoms with van der Waals surface area (Å²) in [5.74, 6) is -4.45. The van der Waals surface area contributed by atoms with Gasteiger partial charge in [-0.1, -0.05) is 64.8 Å². The number of rotatable bonds is 5. The highest BCUT2D eigenvalue weighted by molar-refractivity contribution is 9.10. The minimum Gasteiger partial charge on any atom is -0.504 e. The molecule has 3 fully saturated rings. The molecular formula is C36H33BrN2O6. The highest BCUT2D eigenvalue weighted by atomic mass is 79.9. The van der Waals surface area contributed by atoms with E-state index in [1.165, 1.54) is 16.9 Å². The van der Waals surface area contributed by atoms with Crippen molar-refractivity contribution in [1.82, 2.24) is 0 Å². The fourth-order valence-corrected chi connectivity index (χ4v) is 8.74. The number of phenols is 1. The predicted molar refractivity (Wildman–Crippen MR) is 172 cm³/mol. The van der Waals surface area contributed by atoms with Gasteiger partial charge in [-0.3, -0.25) is 24.1 Å². The van der Waals surface area contributed by atoms with E-state index in [1.807, 2.05) is 43.3 Å². The summed E-state index contributed by atoms with van der Waals surface area (Å²) in [5, 5.41) is 11.5. The number of carbonyl (C=O) groups excluding carboxylic acids is 4. The molecule has 2 aliphatic heterocycles. The van der Waals surface area contributed by atoms with Crippen LogP contribution in [-0.2, 0) is 25.6 Å². The molecule has 0 aromatic heterocycles. The maximum atomic E-state index is 14.5. The van der Waals surface area contributed by atoms with E-state index in [2.05, 4.69) is 15.9 Å². The second-order valence-electron chi connectivity index (χ2n) is 12.6. The van der Waals surface area contributed by atoms with E-state index < -0.39 is 35.0 Å². The lowest BCUT2D eigenvalue weighted by molar-refractivity contribution is -0.131. The average Bonchev–Trinajstić information content (AvgIpc) is 3.42. The normalized spacial score (nSPS) is 29.0. The van der Waals surface area contributed by atoms with E-state index in [1.54, 1.807) is 43.3 Å². The van der Waals surface area contributed by atoms with E-state index in [-0.39, 0.29) is 41.5 Å². The Kier molecular flexibility index (Phi) is 7.00. The van der Waals surface area contributed by atoms with E-state index in [4.69, 9.17) is 4.74 Å². The Morgan fingerprint density at radius 3 is 2.27 bits per heavy atom. The molecule has 3 aromatic rings. The highest BCUT2D eigenvalue weighted by Crippen LogP contribution is 2.65. The first-order valence-electron chi connectivity index (χ1n) is 15.3. The van der Waals surface area contributed by atoms with Gasteiger partial charge in [0.2, 0.25) is 23.6 Å². The molecule has 8 nitrogen and oxygen atoms in total. The lowest BCUT2D eigenvalue weighted by atomic mass is 9.51. The van der Waals surface area contributed by atoms with Crippen molar-refractivity contribution in [2.24, 2.45) is 29.1 Å². The number of para-hydroxylation sites is 1. The first-order chi connectivity index (χ1) is 21.6. The second kappa shape index (κ2) is 10.7. The maximum Gasteiger partial charge on any atom is 0.241 e. The molecule has 2 saturated heterocycles. The van der Waals surface area contributed by atoms with E-state index in [0.717, 1.165) is 17.6 Å². The number of fused-ring (bicyclic) bond motifs is 4. The van der Waals surface area contributed by atoms with Crippen molar-refractivity contribution in [1.29, 1.82) is 0 Å². The van der Waals surface area contributed by atoms with Crippen molar-refractivity contribution in [2.75, 3.05) is 16.9 Å². The largest absolute Gasteiger partial charge is 0.504 e. The fourth-order valence-electron chi connectivity index (χ4n) is 8.29. The molecule has 7 rings (SSSR count). The Morgan fingerprint density at radius 1 is 0.911 bits per heavy atom. The van der Waals surface area contributed by atoms with Crippen LogP contribution < -0.4 is 14.5 Å². The van der Waals surface area contributed by atoms with Gasteiger partial charge in [-0.05, 0) is 74.1 Å². The summed E-state index contributed by atoms with van der Waals surface area (Å²) in [5.41, 5.74) is 2.07. The minimum atomic E-state index is -1.27. The molecule has 0 bridgehead atoms.